The molecule has 1 aromatic rings. The molecule has 0 saturated heterocycles. The molecular weight excluding hydrogens is 464 g/mol. The largest absolute Gasteiger partial charge is 0.481 e. The maximum Gasteiger partial charge on any atom is 0.343 e. The monoisotopic (exact) mass is 504 g/mol. The summed E-state index contributed by atoms with van der Waals surface area (Å²) in [6, 6.07) is 8.76. The van der Waals surface area contributed by atoms with Crippen LogP contribution in [-0.2, 0) is 9.53 Å². The number of thioether (sulfide) groups is 1. The normalized spacial score (nSPS) is 19.8. The van der Waals surface area contributed by atoms with Crippen LogP contribution in [0.15, 0.2) is 53.1 Å². The van der Waals surface area contributed by atoms with E-state index in [9.17, 15) is 19.8 Å². The van der Waals surface area contributed by atoms with Crippen LogP contribution >= 0.6 is 11.8 Å². The second-order valence-electron chi connectivity index (χ2n) is 9.33. The Balaban J connectivity index is 2.08. The molecule has 3 N–H and O–H groups in total. The van der Waals surface area contributed by atoms with Gasteiger partial charge in [0, 0.05) is 23.7 Å². The van der Waals surface area contributed by atoms with Gasteiger partial charge in [-0.05, 0) is 43.1 Å². The maximum atomic E-state index is 12.7. The predicted octanol–water partition coefficient (Wildman–Crippen LogP) is 5.95. The van der Waals surface area contributed by atoms with Crippen LogP contribution in [0.3, 0.4) is 0 Å². The lowest BCUT2D eigenvalue weighted by Crippen LogP contribution is -2.15. The number of esters is 1. The van der Waals surface area contributed by atoms with Crippen molar-refractivity contribution in [1.29, 1.82) is 0 Å². The number of hydrogen-bond donors (Lipinski definition) is 3. The van der Waals surface area contributed by atoms with Crippen molar-refractivity contribution in [2.75, 3.05) is 5.75 Å². The third kappa shape index (κ3) is 10.6. The lowest BCUT2D eigenvalue weighted by Gasteiger charge is -2.17. The third-order valence-corrected chi connectivity index (χ3v) is 7.44. The summed E-state index contributed by atoms with van der Waals surface area (Å²) >= 11 is 1.54. The summed E-state index contributed by atoms with van der Waals surface area (Å²) in [6.07, 6.45) is 8.94. The summed E-state index contributed by atoms with van der Waals surface area (Å²) in [5.41, 5.74) is 0.447. The molecule has 0 radical (unpaired) electrons. The molecular formula is C28H40O6S. The zero-order chi connectivity index (χ0) is 25.6. The Morgan fingerprint density at radius 1 is 1.17 bits per heavy atom. The van der Waals surface area contributed by atoms with Crippen molar-refractivity contribution in [1.82, 2.24) is 0 Å². The van der Waals surface area contributed by atoms with Crippen molar-refractivity contribution in [3.05, 3.63) is 58.7 Å². The van der Waals surface area contributed by atoms with Crippen LogP contribution in [0.2, 0.25) is 0 Å². The first kappa shape index (κ1) is 29.1. The number of aliphatic carboxylic acids is 1. The van der Waals surface area contributed by atoms with E-state index in [0.717, 1.165) is 42.8 Å². The SMILES string of the molecule is CCCC[C@@H](C)C[C@H](O)/C=C/[C@@H]1C(SCCCCCC(=O)O)=C(OC(=O)c2ccccc2)C[C@H]1O. The van der Waals surface area contributed by atoms with Gasteiger partial charge in [-0.1, -0.05) is 69.9 Å². The van der Waals surface area contributed by atoms with Gasteiger partial charge in [0.25, 0.3) is 0 Å². The average Bonchev–Trinajstić information content (AvgIpc) is 3.12. The Kier molecular flexibility index (Phi) is 13.2. The molecule has 0 aliphatic heterocycles. The van der Waals surface area contributed by atoms with E-state index in [2.05, 4.69) is 13.8 Å². The van der Waals surface area contributed by atoms with Gasteiger partial charge in [0.05, 0.1) is 17.8 Å². The number of aliphatic hydroxyl groups is 2. The molecule has 0 saturated carbocycles. The Bertz CT molecular complexity index is 850. The smallest absolute Gasteiger partial charge is 0.343 e. The standard InChI is InChI=1S/C28H40O6S/c1-3-4-11-20(2)18-22(29)15-16-23-24(30)19-25(34-28(33)21-12-7-5-8-13-21)27(23)35-17-10-6-9-14-26(31)32/h5,7-8,12-13,15-16,20,22-24,29-30H,3-4,6,9-11,14,17-19H2,1-2H3,(H,31,32)/b16-15+/t20-,22-,23+,24-/m1/s1. The molecule has 1 aliphatic rings. The number of aliphatic hydroxyl groups excluding tert-OH is 2. The summed E-state index contributed by atoms with van der Waals surface area (Å²) in [5.74, 6) is 0.0276. The first-order valence-corrected chi connectivity index (χ1v) is 13.7. The number of ether oxygens (including phenoxy) is 1. The minimum atomic E-state index is -0.790. The molecule has 2 rings (SSSR count). The van der Waals surface area contributed by atoms with Gasteiger partial charge in [-0.15, -0.1) is 11.8 Å². The first-order valence-electron chi connectivity index (χ1n) is 12.7. The quantitative estimate of drug-likeness (QED) is 0.145. The molecule has 6 nitrogen and oxygen atoms in total. The minimum Gasteiger partial charge on any atom is -0.481 e. The van der Waals surface area contributed by atoms with Gasteiger partial charge in [0.1, 0.15) is 5.76 Å². The van der Waals surface area contributed by atoms with Gasteiger partial charge in [-0.3, -0.25) is 4.79 Å². The van der Waals surface area contributed by atoms with Crippen LogP contribution in [0.4, 0.5) is 0 Å². The second-order valence-corrected chi connectivity index (χ2v) is 10.5. The number of carboxylic acids is 1. The van der Waals surface area contributed by atoms with Crippen molar-refractivity contribution in [3.8, 4) is 0 Å². The van der Waals surface area contributed by atoms with E-state index < -0.39 is 24.1 Å². The lowest BCUT2D eigenvalue weighted by atomic mass is 9.96. The lowest BCUT2D eigenvalue weighted by molar-refractivity contribution is -0.137. The molecule has 4 atom stereocenters. The first-order chi connectivity index (χ1) is 16.8. The summed E-state index contributed by atoms with van der Waals surface area (Å²) < 4.78 is 5.72. The summed E-state index contributed by atoms with van der Waals surface area (Å²) in [6.45, 7) is 4.30. The molecule has 0 aromatic heterocycles. The number of carbonyl (C=O) groups is 2. The van der Waals surface area contributed by atoms with Gasteiger partial charge in [0.2, 0.25) is 0 Å². The minimum absolute atomic E-state index is 0.159. The van der Waals surface area contributed by atoms with Crippen LogP contribution < -0.4 is 0 Å². The Labute approximate surface area is 213 Å². The Morgan fingerprint density at radius 2 is 1.91 bits per heavy atom. The van der Waals surface area contributed by atoms with E-state index in [4.69, 9.17) is 9.84 Å². The van der Waals surface area contributed by atoms with Gasteiger partial charge < -0.3 is 20.1 Å². The zero-order valence-corrected chi connectivity index (χ0v) is 21.7. The van der Waals surface area contributed by atoms with Crippen LogP contribution in [0.1, 0.15) is 82.0 Å². The fourth-order valence-corrected chi connectivity index (χ4v) is 5.44. The van der Waals surface area contributed by atoms with E-state index in [1.165, 1.54) is 11.8 Å². The Morgan fingerprint density at radius 3 is 2.60 bits per heavy atom. The van der Waals surface area contributed by atoms with E-state index in [0.29, 0.717) is 30.1 Å². The van der Waals surface area contributed by atoms with E-state index in [-0.39, 0.29) is 18.8 Å². The molecule has 0 bridgehead atoms. The number of carboxylic acid groups (broad SMARTS) is 1. The number of carbonyl (C=O) groups excluding carboxylic acids is 1. The molecule has 35 heavy (non-hydrogen) atoms. The number of hydrogen-bond acceptors (Lipinski definition) is 6. The highest BCUT2D eigenvalue weighted by molar-refractivity contribution is 8.03. The highest BCUT2D eigenvalue weighted by Crippen LogP contribution is 2.42. The fourth-order valence-electron chi connectivity index (χ4n) is 4.15. The highest BCUT2D eigenvalue weighted by atomic mass is 32.2. The molecule has 194 valence electrons. The topological polar surface area (TPSA) is 104 Å². The molecule has 0 heterocycles. The molecule has 0 amide bonds. The van der Waals surface area contributed by atoms with Gasteiger partial charge in [-0.2, -0.15) is 0 Å². The predicted molar refractivity (Wildman–Crippen MR) is 140 cm³/mol. The van der Waals surface area contributed by atoms with Crippen molar-refractivity contribution in [3.63, 3.8) is 0 Å². The van der Waals surface area contributed by atoms with E-state index in [1.807, 2.05) is 12.1 Å². The van der Waals surface area contributed by atoms with Crippen molar-refractivity contribution in [2.24, 2.45) is 11.8 Å². The van der Waals surface area contributed by atoms with Crippen LogP contribution in [0.25, 0.3) is 0 Å². The Hall–Kier alpha value is -2.09. The number of unbranched alkanes of at least 4 members (excludes halogenated alkanes) is 3. The van der Waals surface area contributed by atoms with Gasteiger partial charge in [-0.25, -0.2) is 4.79 Å². The average molecular weight is 505 g/mol. The number of rotatable bonds is 16. The number of benzene rings is 1. The molecule has 1 aromatic carbocycles. The summed E-state index contributed by atoms with van der Waals surface area (Å²) in [5, 5.41) is 30.1. The van der Waals surface area contributed by atoms with Gasteiger partial charge in [0.15, 0.2) is 0 Å². The molecule has 0 fully saturated rings. The van der Waals surface area contributed by atoms with E-state index >= 15 is 0 Å². The highest BCUT2D eigenvalue weighted by Gasteiger charge is 2.35. The van der Waals surface area contributed by atoms with Crippen LogP contribution in [0.5, 0.6) is 0 Å². The molecule has 0 spiro atoms. The maximum absolute atomic E-state index is 12.7. The van der Waals surface area contributed by atoms with Crippen molar-refractivity contribution < 1.29 is 29.6 Å². The zero-order valence-electron chi connectivity index (χ0n) is 20.9. The molecule has 1 aliphatic carbocycles. The summed E-state index contributed by atoms with van der Waals surface area (Å²) in [7, 11) is 0. The van der Waals surface area contributed by atoms with Crippen LogP contribution in [-0.4, -0.2) is 45.2 Å². The third-order valence-electron chi connectivity index (χ3n) is 6.14. The second kappa shape index (κ2) is 15.8. The van der Waals surface area contributed by atoms with Crippen molar-refractivity contribution in [2.45, 2.75) is 83.8 Å². The van der Waals surface area contributed by atoms with E-state index in [1.54, 1.807) is 30.3 Å². The molecule has 0 unspecified atom stereocenters. The van der Waals surface area contributed by atoms with Gasteiger partial charge >= 0.3 is 11.9 Å². The van der Waals surface area contributed by atoms with Crippen LogP contribution in [0, 0.1) is 11.8 Å². The summed E-state index contributed by atoms with van der Waals surface area (Å²) in [4.78, 5) is 24.2. The van der Waals surface area contributed by atoms with Crippen molar-refractivity contribution >= 4 is 23.7 Å². The molecule has 7 heteroatoms. The fraction of sp³-hybridized carbons (Fsp3) is 0.571.